The summed E-state index contributed by atoms with van der Waals surface area (Å²) >= 11 is 6.13. The van der Waals surface area contributed by atoms with E-state index in [2.05, 4.69) is 20.1 Å². The molecule has 0 saturated carbocycles. The minimum absolute atomic E-state index is 0.234. The molecule has 2 aromatic rings. The second kappa shape index (κ2) is 5.87. The average molecular weight is 310 g/mol. The van der Waals surface area contributed by atoms with Gasteiger partial charge in [-0.2, -0.15) is 5.10 Å². The Morgan fingerprint density at radius 3 is 2.76 bits per heavy atom. The Labute approximate surface area is 126 Å². The zero-order valence-corrected chi connectivity index (χ0v) is 12.5. The lowest BCUT2D eigenvalue weighted by Gasteiger charge is -2.35. The van der Waals surface area contributed by atoms with Crippen molar-refractivity contribution >= 4 is 17.3 Å². The molecule has 0 amide bonds. The molecule has 0 aromatic carbocycles. The second-order valence-electron chi connectivity index (χ2n) is 5.03. The van der Waals surface area contributed by atoms with Gasteiger partial charge in [-0.1, -0.05) is 16.8 Å². The van der Waals surface area contributed by atoms with E-state index in [1.54, 1.807) is 19.5 Å². The van der Waals surface area contributed by atoms with Crippen LogP contribution in [0.15, 0.2) is 27.8 Å². The van der Waals surface area contributed by atoms with Gasteiger partial charge in [0.2, 0.25) is 0 Å². The molecule has 2 aromatic heterocycles. The lowest BCUT2D eigenvalue weighted by molar-refractivity contribution is 0.242. The first-order valence-electron chi connectivity index (χ1n) is 6.73. The van der Waals surface area contributed by atoms with Gasteiger partial charge in [-0.15, -0.1) is 0 Å². The molecule has 0 aliphatic carbocycles. The van der Waals surface area contributed by atoms with Crippen LogP contribution in [-0.4, -0.2) is 46.0 Å². The normalized spacial score (nSPS) is 16.4. The van der Waals surface area contributed by atoms with Gasteiger partial charge >= 0.3 is 0 Å². The first-order chi connectivity index (χ1) is 10.1. The van der Waals surface area contributed by atoms with Crippen LogP contribution in [0.1, 0.15) is 5.69 Å². The van der Waals surface area contributed by atoms with Crippen molar-refractivity contribution in [3.8, 4) is 0 Å². The fourth-order valence-electron chi connectivity index (χ4n) is 2.42. The van der Waals surface area contributed by atoms with Crippen molar-refractivity contribution in [2.24, 2.45) is 7.05 Å². The molecule has 112 valence electrons. The molecule has 1 aliphatic rings. The SMILES string of the molecule is Cn1ncc(N2CCN(Cc3ccon3)CC2)c(Cl)c1=O. The predicted molar refractivity (Wildman–Crippen MR) is 78.5 cm³/mol. The van der Waals surface area contributed by atoms with Crippen molar-refractivity contribution in [2.45, 2.75) is 6.54 Å². The third-order valence-electron chi connectivity index (χ3n) is 3.65. The number of aromatic nitrogens is 3. The number of hydrogen-bond acceptors (Lipinski definition) is 6. The van der Waals surface area contributed by atoms with Crippen LogP contribution in [0.5, 0.6) is 0 Å². The van der Waals surface area contributed by atoms with Crippen LogP contribution in [-0.2, 0) is 13.6 Å². The topological polar surface area (TPSA) is 67.4 Å². The van der Waals surface area contributed by atoms with E-state index in [0.717, 1.165) is 38.4 Å². The number of nitrogens with zero attached hydrogens (tertiary/aromatic N) is 5. The van der Waals surface area contributed by atoms with E-state index in [4.69, 9.17) is 16.1 Å². The Morgan fingerprint density at radius 2 is 2.10 bits per heavy atom. The van der Waals surface area contributed by atoms with Gasteiger partial charge in [-0.25, -0.2) is 4.68 Å². The summed E-state index contributed by atoms with van der Waals surface area (Å²) in [6, 6.07) is 1.87. The van der Waals surface area contributed by atoms with Crippen molar-refractivity contribution in [1.29, 1.82) is 0 Å². The van der Waals surface area contributed by atoms with Gasteiger partial charge in [0, 0.05) is 45.8 Å². The summed E-state index contributed by atoms with van der Waals surface area (Å²) < 4.78 is 6.08. The number of aryl methyl sites for hydroxylation is 1. The summed E-state index contributed by atoms with van der Waals surface area (Å²) in [4.78, 5) is 16.2. The van der Waals surface area contributed by atoms with Crippen LogP contribution in [0.2, 0.25) is 5.02 Å². The summed E-state index contributed by atoms with van der Waals surface area (Å²) in [7, 11) is 1.59. The lowest BCUT2D eigenvalue weighted by atomic mass is 10.2. The molecule has 1 fully saturated rings. The van der Waals surface area contributed by atoms with Gasteiger partial charge < -0.3 is 9.42 Å². The number of piperazine rings is 1. The highest BCUT2D eigenvalue weighted by molar-refractivity contribution is 6.33. The molecule has 7 nitrogen and oxygen atoms in total. The maximum Gasteiger partial charge on any atom is 0.287 e. The fourth-order valence-corrected chi connectivity index (χ4v) is 2.71. The summed E-state index contributed by atoms with van der Waals surface area (Å²) in [5.41, 5.74) is 1.37. The van der Waals surface area contributed by atoms with Crippen molar-refractivity contribution in [3.63, 3.8) is 0 Å². The molecule has 0 spiro atoms. The summed E-state index contributed by atoms with van der Waals surface area (Å²) in [5.74, 6) is 0. The van der Waals surface area contributed by atoms with E-state index in [9.17, 15) is 4.79 Å². The minimum Gasteiger partial charge on any atom is -0.366 e. The van der Waals surface area contributed by atoms with Crippen LogP contribution in [0.3, 0.4) is 0 Å². The molecule has 3 heterocycles. The largest absolute Gasteiger partial charge is 0.366 e. The maximum atomic E-state index is 11.8. The highest BCUT2D eigenvalue weighted by Crippen LogP contribution is 2.22. The number of hydrogen-bond donors (Lipinski definition) is 0. The Balaban J connectivity index is 1.66. The van der Waals surface area contributed by atoms with Crippen LogP contribution < -0.4 is 10.5 Å². The lowest BCUT2D eigenvalue weighted by Crippen LogP contribution is -2.46. The van der Waals surface area contributed by atoms with E-state index < -0.39 is 0 Å². The van der Waals surface area contributed by atoms with Gasteiger partial charge in [-0.3, -0.25) is 9.69 Å². The molecular weight excluding hydrogens is 294 g/mol. The zero-order chi connectivity index (χ0) is 14.8. The molecule has 3 rings (SSSR count). The smallest absolute Gasteiger partial charge is 0.287 e. The predicted octanol–water partition coefficient (Wildman–Crippen LogP) is 0.744. The van der Waals surface area contributed by atoms with Gasteiger partial charge in [0.05, 0.1) is 17.6 Å². The monoisotopic (exact) mass is 309 g/mol. The third-order valence-corrected chi connectivity index (χ3v) is 4.00. The van der Waals surface area contributed by atoms with E-state index in [0.29, 0.717) is 5.69 Å². The quantitative estimate of drug-likeness (QED) is 0.833. The summed E-state index contributed by atoms with van der Waals surface area (Å²) in [6.07, 6.45) is 3.23. The Bertz CT molecular complexity index is 662. The fraction of sp³-hybridized carbons (Fsp3) is 0.462. The van der Waals surface area contributed by atoms with E-state index >= 15 is 0 Å². The van der Waals surface area contributed by atoms with Crippen LogP contribution in [0, 0.1) is 0 Å². The number of anilines is 1. The molecular formula is C13H16ClN5O2. The molecule has 0 N–H and O–H groups in total. The van der Waals surface area contributed by atoms with Crippen molar-refractivity contribution in [1.82, 2.24) is 19.8 Å². The zero-order valence-electron chi connectivity index (χ0n) is 11.7. The summed E-state index contributed by atoms with van der Waals surface area (Å²) in [6.45, 7) is 4.11. The van der Waals surface area contributed by atoms with Gasteiger partial charge in [0.1, 0.15) is 11.3 Å². The van der Waals surface area contributed by atoms with E-state index in [1.165, 1.54) is 4.68 Å². The van der Waals surface area contributed by atoms with E-state index in [1.807, 2.05) is 6.07 Å². The molecule has 0 unspecified atom stereocenters. The second-order valence-corrected chi connectivity index (χ2v) is 5.40. The molecule has 0 bridgehead atoms. The Morgan fingerprint density at radius 1 is 1.33 bits per heavy atom. The van der Waals surface area contributed by atoms with Crippen molar-refractivity contribution < 1.29 is 4.52 Å². The van der Waals surface area contributed by atoms with Crippen LogP contribution in [0.4, 0.5) is 5.69 Å². The van der Waals surface area contributed by atoms with Gasteiger partial charge in [0.25, 0.3) is 5.56 Å². The number of halogens is 1. The van der Waals surface area contributed by atoms with Crippen LogP contribution >= 0.6 is 11.6 Å². The van der Waals surface area contributed by atoms with Crippen LogP contribution in [0.25, 0.3) is 0 Å². The number of rotatable bonds is 3. The van der Waals surface area contributed by atoms with E-state index in [-0.39, 0.29) is 10.6 Å². The Hall–Kier alpha value is -1.86. The van der Waals surface area contributed by atoms with Crippen molar-refractivity contribution in [3.05, 3.63) is 39.6 Å². The molecule has 21 heavy (non-hydrogen) atoms. The summed E-state index contributed by atoms with van der Waals surface area (Å²) in [5, 5.41) is 8.19. The minimum atomic E-state index is -0.265. The molecule has 0 atom stereocenters. The Kier molecular flexibility index (Phi) is 3.94. The molecule has 1 aliphatic heterocycles. The van der Waals surface area contributed by atoms with Gasteiger partial charge in [-0.05, 0) is 0 Å². The maximum absolute atomic E-state index is 11.8. The first kappa shape index (κ1) is 14.1. The molecule has 0 radical (unpaired) electrons. The standard InChI is InChI=1S/C13H16ClN5O2/c1-17-13(20)12(14)11(8-15-17)19-5-3-18(4-6-19)9-10-2-7-21-16-10/h2,7-8H,3-6,9H2,1H3. The third kappa shape index (κ3) is 2.93. The molecule has 1 saturated heterocycles. The first-order valence-corrected chi connectivity index (χ1v) is 7.11. The highest BCUT2D eigenvalue weighted by Gasteiger charge is 2.21. The highest BCUT2D eigenvalue weighted by atomic mass is 35.5. The van der Waals surface area contributed by atoms with Crippen molar-refractivity contribution in [2.75, 3.05) is 31.1 Å². The average Bonchev–Trinajstić information content (AvgIpc) is 2.99. The molecule has 8 heteroatoms. The van der Waals surface area contributed by atoms with Gasteiger partial charge in [0.15, 0.2) is 0 Å².